The summed E-state index contributed by atoms with van der Waals surface area (Å²) in [5, 5.41) is 12.2. The highest BCUT2D eigenvalue weighted by Crippen LogP contribution is 2.15. The molecular formula is C13H28N2O. The molecule has 2 N–H and O–H groups in total. The van der Waals surface area contributed by atoms with Gasteiger partial charge in [-0.1, -0.05) is 19.8 Å². The van der Waals surface area contributed by atoms with E-state index in [1.165, 1.54) is 45.2 Å². The average Bonchev–Trinajstić information content (AvgIpc) is 2.75. The van der Waals surface area contributed by atoms with Gasteiger partial charge in [-0.15, -0.1) is 0 Å². The van der Waals surface area contributed by atoms with Gasteiger partial charge < -0.3 is 10.4 Å². The van der Waals surface area contributed by atoms with Crippen LogP contribution >= 0.6 is 0 Å². The fraction of sp³-hybridized carbons (Fsp3) is 1.00. The summed E-state index contributed by atoms with van der Waals surface area (Å²) in [6, 6.07) is 0.780. The standard InChI is InChI=1S/C13H28N2O/c1-2-15-10-7-8-13(15)12-14-9-5-3-4-6-11-16/h13-14,16H,2-12H2,1H3. The lowest BCUT2D eigenvalue weighted by Crippen LogP contribution is -2.38. The lowest BCUT2D eigenvalue weighted by molar-refractivity contribution is 0.259. The molecule has 0 spiro atoms. The van der Waals surface area contributed by atoms with Crippen molar-refractivity contribution in [3.05, 3.63) is 0 Å². The molecule has 0 radical (unpaired) electrons. The summed E-state index contributed by atoms with van der Waals surface area (Å²) < 4.78 is 0. The summed E-state index contributed by atoms with van der Waals surface area (Å²) >= 11 is 0. The van der Waals surface area contributed by atoms with Crippen molar-refractivity contribution >= 4 is 0 Å². The van der Waals surface area contributed by atoms with E-state index in [1.54, 1.807) is 0 Å². The van der Waals surface area contributed by atoms with Crippen LogP contribution in [0.5, 0.6) is 0 Å². The summed E-state index contributed by atoms with van der Waals surface area (Å²) in [6.45, 7) is 7.39. The van der Waals surface area contributed by atoms with Crippen molar-refractivity contribution in [3.8, 4) is 0 Å². The number of nitrogens with one attached hydrogen (secondary N) is 1. The molecule has 0 aromatic heterocycles. The highest BCUT2D eigenvalue weighted by atomic mass is 16.2. The van der Waals surface area contributed by atoms with Gasteiger partial charge in [0.2, 0.25) is 0 Å². The third-order valence-corrected chi connectivity index (χ3v) is 3.55. The summed E-state index contributed by atoms with van der Waals surface area (Å²) in [5.41, 5.74) is 0. The molecule has 1 rings (SSSR count). The topological polar surface area (TPSA) is 35.5 Å². The molecule has 0 aromatic carbocycles. The van der Waals surface area contributed by atoms with Gasteiger partial charge in [0.25, 0.3) is 0 Å². The maximum absolute atomic E-state index is 8.65. The van der Waals surface area contributed by atoms with E-state index in [4.69, 9.17) is 5.11 Å². The number of aliphatic hydroxyl groups excluding tert-OH is 1. The Morgan fingerprint density at radius 3 is 2.81 bits per heavy atom. The Kier molecular flexibility index (Phi) is 7.81. The number of likely N-dealkylation sites (N-methyl/N-ethyl adjacent to an activating group) is 1. The molecule has 0 aliphatic carbocycles. The van der Waals surface area contributed by atoms with Gasteiger partial charge in [-0.3, -0.25) is 4.90 Å². The quantitative estimate of drug-likeness (QED) is 0.589. The molecule has 0 bridgehead atoms. The number of unbranched alkanes of at least 4 members (excludes halogenated alkanes) is 3. The number of hydrogen-bond donors (Lipinski definition) is 2. The Labute approximate surface area is 100 Å². The van der Waals surface area contributed by atoms with Crippen LogP contribution in [-0.4, -0.2) is 48.8 Å². The van der Waals surface area contributed by atoms with E-state index in [9.17, 15) is 0 Å². The maximum atomic E-state index is 8.65. The lowest BCUT2D eigenvalue weighted by atomic mass is 10.2. The van der Waals surface area contributed by atoms with Crippen molar-refractivity contribution in [3.63, 3.8) is 0 Å². The monoisotopic (exact) mass is 228 g/mol. The van der Waals surface area contributed by atoms with Crippen molar-refractivity contribution in [2.24, 2.45) is 0 Å². The molecule has 1 unspecified atom stereocenters. The minimum absolute atomic E-state index is 0.348. The highest BCUT2D eigenvalue weighted by Gasteiger charge is 2.21. The van der Waals surface area contributed by atoms with Crippen LogP contribution in [0.15, 0.2) is 0 Å². The molecular weight excluding hydrogens is 200 g/mol. The van der Waals surface area contributed by atoms with Crippen LogP contribution < -0.4 is 5.32 Å². The molecule has 1 aliphatic heterocycles. The fourth-order valence-electron chi connectivity index (χ4n) is 2.53. The fourth-order valence-corrected chi connectivity index (χ4v) is 2.53. The van der Waals surface area contributed by atoms with Crippen LogP contribution in [0, 0.1) is 0 Å². The third-order valence-electron chi connectivity index (χ3n) is 3.55. The molecule has 0 amide bonds. The molecule has 1 aliphatic rings. The van der Waals surface area contributed by atoms with Crippen molar-refractivity contribution in [2.75, 3.05) is 32.8 Å². The Bertz CT molecular complexity index is 164. The van der Waals surface area contributed by atoms with E-state index < -0.39 is 0 Å². The van der Waals surface area contributed by atoms with Gasteiger partial charge in [-0.2, -0.15) is 0 Å². The second-order valence-electron chi connectivity index (χ2n) is 4.77. The molecule has 1 saturated heterocycles. The molecule has 0 aromatic rings. The molecule has 1 atom stereocenters. The van der Waals surface area contributed by atoms with E-state index in [1.807, 2.05) is 0 Å². The number of aliphatic hydroxyl groups is 1. The highest BCUT2D eigenvalue weighted by molar-refractivity contribution is 4.79. The van der Waals surface area contributed by atoms with E-state index in [2.05, 4.69) is 17.1 Å². The van der Waals surface area contributed by atoms with E-state index in [-0.39, 0.29) is 0 Å². The van der Waals surface area contributed by atoms with Crippen LogP contribution in [0.3, 0.4) is 0 Å². The van der Waals surface area contributed by atoms with Gasteiger partial charge >= 0.3 is 0 Å². The predicted octanol–water partition coefficient (Wildman–Crippen LogP) is 1.61. The number of likely N-dealkylation sites (tertiary alicyclic amines) is 1. The van der Waals surface area contributed by atoms with Gasteiger partial charge in [0.05, 0.1) is 0 Å². The van der Waals surface area contributed by atoms with Gasteiger partial charge in [-0.25, -0.2) is 0 Å². The van der Waals surface area contributed by atoms with Gasteiger partial charge in [0, 0.05) is 19.2 Å². The number of rotatable bonds is 9. The first-order valence-electron chi connectivity index (χ1n) is 6.94. The molecule has 16 heavy (non-hydrogen) atoms. The SMILES string of the molecule is CCN1CCCC1CNCCCCCCO. The van der Waals surface area contributed by atoms with E-state index in [0.29, 0.717) is 6.61 Å². The van der Waals surface area contributed by atoms with Crippen molar-refractivity contribution in [2.45, 2.75) is 51.5 Å². The van der Waals surface area contributed by atoms with Gasteiger partial charge in [0.15, 0.2) is 0 Å². The zero-order valence-corrected chi connectivity index (χ0v) is 10.7. The summed E-state index contributed by atoms with van der Waals surface area (Å²) in [7, 11) is 0. The molecule has 0 saturated carbocycles. The van der Waals surface area contributed by atoms with Crippen LogP contribution in [0.4, 0.5) is 0 Å². The van der Waals surface area contributed by atoms with Crippen LogP contribution in [0.25, 0.3) is 0 Å². The summed E-state index contributed by atoms with van der Waals surface area (Å²) in [5.74, 6) is 0. The first-order chi connectivity index (χ1) is 7.88. The molecule has 96 valence electrons. The van der Waals surface area contributed by atoms with Crippen molar-refractivity contribution in [1.82, 2.24) is 10.2 Å². The summed E-state index contributed by atoms with van der Waals surface area (Å²) in [4.78, 5) is 2.58. The smallest absolute Gasteiger partial charge is 0.0431 e. The molecule has 3 nitrogen and oxygen atoms in total. The minimum atomic E-state index is 0.348. The van der Waals surface area contributed by atoms with Gasteiger partial charge in [0.1, 0.15) is 0 Å². The first kappa shape index (κ1) is 13.9. The largest absolute Gasteiger partial charge is 0.396 e. The van der Waals surface area contributed by atoms with E-state index in [0.717, 1.165) is 25.6 Å². The van der Waals surface area contributed by atoms with E-state index >= 15 is 0 Å². The Balaban J connectivity index is 1.90. The Hall–Kier alpha value is -0.120. The zero-order valence-electron chi connectivity index (χ0n) is 10.7. The molecule has 3 heteroatoms. The third kappa shape index (κ3) is 5.28. The number of nitrogens with zero attached hydrogens (tertiary/aromatic N) is 1. The van der Waals surface area contributed by atoms with Crippen molar-refractivity contribution in [1.29, 1.82) is 0 Å². The zero-order chi connectivity index (χ0) is 11.6. The molecule has 1 heterocycles. The Morgan fingerprint density at radius 1 is 1.25 bits per heavy atom. The maximum Gasteiger partial charge on any atom is 0.0431 e. The van der Waals surface area contributed by atoms with Crippen LogP contribution in [-0.2, 0) is 0 Å². The second-order valence-corrected chi connectivity index (χ2v) is 4.77. The van der Waals surface area contributed by atoms with Crippen molar-refractivity contribution < 1.29 is 5.11 Å². The second kappa shape index (κ2) is 8.97. The van der Waals surface area contributed by atoms with Crippen LogP contribution in [0.1, 0.15) is 45.4 Å². The predicted molar refractivity (Wildman–Crippen MR) is 68.7 cm³/mol. The Morgan fingerprint density at radius 2 is 2.06 bits per heavy atom. The molecule has 1 fully saturated rings. The van der Waals surface area contributed by atoms with Gasteiger partial charge in [-0.05, 0) is 45.3 Å². The number of hydrogen-bond acceptors (Lipinski definition) is 3. The van der Waals surface area contributed by atoms with Crippen LogP contribution in [0.2, 0.25) is 0 Å². The normalized spacial score (nSPS) is 21.8. The summed E-state index contributed by atoms with van der Waals surface area (Å²) in [6.07, 6.45) is 7.37. The minimum Gasteiger partial charge on any atom is -0.396 e. The average molecular weight is 228 g/mol. The first-order valence-corrected chi connectivity index (χ1v) is 6.94. The lowest BCUT2D eigenvalue weighted by Gasteiger charge is -2.22.